The standard InChI is InChI=1S/C7H6O2.C3H8O2.Na/c8-7(9)6-4-2-1-3-5-6;1-2-3(4)5;/h1-5H,(H,8,9);3-5H,2H2,1H3;/q;;+1/p-1. The van der Waals surface area contributed by atoms with Gasteiger partial charge < -0.3 is 20.1 Å². The van der Waals surface area contributed by atoms with Crippen LogP contribution in [0.1, 0.15) is 23.7 Å². The maximum Gasteiger partial charge on any atom is 1.00 e. The van der Waals surface area contributed by atoms with E-state index in [-0.39, 0.29) is 35.1 Å². The molecule has 0 saturated carbocycles. The minimum absolute atomic E-state index is 0. The van der Waals surface area contributed by atoms with Crippen LogP contribution >= 0.6 is 0 Å². The second-order valence-electron chi connectivity index (χ2n) is 2.54. The summed E-state index contributed by atoms with van der Waals surface area (Å²) in [7, 11) is 0. The quantitative estimate of drug-likeness (QED) is 0.405. The van der Waals surface area contributed by atoms with Gasteiger partial charge in [0.25, 0.3) is 0 Å². The van der Waals surface area contributed by atoms with Crippen molar-refractivity contribution in [1.82, 2.24) is 0 Å². The molecule has 0 aliphatic carbocycles. The molecule has 1 aromatic carbocycles. The molecular weight excluding hydrogens is 207 g/mol. The Labute approximate surface area is 111 Å². The van der Waals surface area contributed by atoms with Crippen molar-refractivity contribution in [2.75, 3.05) is 0 Å². The fraction of sp³-hybridized carbons (Fsp3) is 0.300. The van der Waals surface area contributed by atoms with Crippen LogP contribution in [0.4, 0.5) is 0 Å². The Hall–Kier alpha value is -0.390. The second-order valence-corrected chi connectivity index (χ2v) is 2.54. The molecule has 0 atom stereocenters. The van der Waals surface area contributed by atoms with Crippen molar-refractivity contribution in [3.8, 4) is 0 Å². The number of carbonyl (C=O) groups is 1. The first-order chi connectivity index (χ1) is 6.57. The second kappa shape index (κ2) is 10.1. The molecule has 2 N–H and O–H groups in total. The van der Waals surface area contributed by atoms with Crippen LogP contribution in [0.2, 0.25) is 0 Å². The van der Waals surface area contributed by atoms with E-state index in [1.54, 1.807) is 25.1 Å². The van der Waals surface area contributed by atoms with Crippen LogP contribution < -0.4 is 34.7 Å². The number of carboxylic acids is 1. The Kier molecular flexibility index (Phi) is 11.5. The number of aliphatic hydroxyl groups excluding tert-OH is 1. The summed E-state index contributed by atoms with van der Waals surface area (Å²) >= 11 is 0. The third-order valence-electron chi connectivity index (χ3n) is 1.37. The number of aromatic carboxylic acids is 1. The first kappa shape index (κ1) is 17.0. The van der Waals surface area contributed by atoms with Crippen LogP contribution in [0.5, 0.6) is 0 Å². The Bertz CT molecular complexity index is 261. The molecule has 0 fully saturated rings. The van der Waals surface area contributed by atoms with Crippen molar-refractivity contribution >= 4 is 5.97 Å². The number of carbonyl (C=O) groups excluding carboxylic acids is 1. The zero-order valence-electron chi connectivity index (χ0n) is 8.88. The van der Waals surface area contributed by atoms with Crippen LogP contribution in [-0.4, -0.2) is 22.5 Å². The molecule has 0 saturated heterocycles. The van der Waals surface area contributed by atoms with Gasteiger partial charge in [-0.25, -0.2) is 0 Å². The van der Waals surface area contributed by atoms with Crippen LogP contribution in [0.15, 0.2) is 30.3 Å². The molecule has 0 unspecified atom stereocenters. The molecule has 0 aliphatic rings. The van der Waals surface area contributed by atoms with Gasteiger partial charge in [0.2, 0.25) is 0 Å². The van der Waals surface area contributed by atoms with Gasteiger partial charge in [-0.05, 0) is 12.0 Å². The fourth-order valence-electron chi connectivity index (χ4n) is 0.574. The van der Waals surface area contributed by atoms with Gasteiger partial charge in [-0.2, -0.15) is 0 Å². The summed E-state index contributed by atoms with van der Waals surface area (Å²) < 4.78 is 0. The monoisotopic (exact) mass is 220 g/mol. The number of rotatable bonds is 2. The number of benzene rings is 1. The molecule has 0 bridgehead atoms. The number of hydrogen-bond acceptors (Lipinski definition) is 4. The molecule has 1 aromatic rings. The van der Waals surface area contributed by atoms with E-state index >= 15 is 0 Å². The van der Waals surface area contributed by atoms with Crippen LogP contribution in [0, 0.1) is 0 Å². The van der Waals surface area contributed by atoms with Crippen molar-refractivity contribution in [1.29, 1.82) is 0 Å². The molecule has 0 amide bonds. The summed E-state index contributed by atoms with van der Waals surface area (Å²) in [6.07, 6.45) is -0.699. The van der Waals surface area contributed by atoms with Gasteiger partial charge in [-0.15, -0.1) is 0 Å². The van der Waals surface area contributed by atoms with Gasteiger partial charge in [0, 0.05) is 0 Å². The molecule has 0 heterocycles. The zero-order valence-corrected chi connectivity index (χ0v) is 10.9. The Morgan fingerprint density at radius 1 is 1.33 bits per heavy atom. The van der Waals surface area contributed by atoms with E-state index < -0.39 is 12.3 Å². The minimum atomic E-state index is -1.13. The topological polar surface area (TPSA) is 80.6 Å². The van der Waals surface area contributed by atoms with Gasteiger partial charge in [0.1, 0.15) is 0 Å². The molecule has 15 heavy (non-hydrogen) atoms. The smallest absolute Gasteiger partial charge is 0.545 e. The van der Waals surface area contributed by atoms with Crippen molar-refractivity contribution in [2.24, 2.45) is 0 Å². The Balaban J connectivity index is 0. The van der Waals surface area contributed by atoms with Gasteiger partial charge in [-0.3, -0.25) is 0 Å². The van der Waals surface area contributed by atoms with Crippen molar-refractivity contribution in [3.05, 3.63) is 35.9 Å². The van der Waals surface area contributed by atoms with E-state index in [9.17, 15) is 9.90 Å². The molecule has 78 valence electrons. The fourth-order valence-corrected chi connectivity index (χ4v) is 0.574. The Morgan fingerprint density at radius 3 is 1.93 bits per heavy atom. The Morgan fingerprint density at radius 2 is 1.73 bits per heavy atom. The summed E-state index contributed by atoms with van der Waals surface area (Å²) in [6, 6.07) is 8.06. The van der Waals surface area contributed by atoms with E-state index in [2.05, 4.69) is 0 Å². The average Bonchev–Trinajstić information content (AvgIpc) is 2.20. The van der Waals surface area contributed by atoms with E-state index in [0.29, 0.717) is 6.42 Å². The van der Waals surface area contributed by atoms with E-state index in [1.807, 2.05) is 0 Å². The van der Waals surface area contributed by atoms with Crippen molar-refractivity contribution < 1.29 is 49.7 Å². The third kappa shape index (κ3) is 9.90. The number of aliphatic hydroxyl groups is 2. The molecule has 5 heteroatoms. The van der Waals surface area contributed by atoms with Gasteiger partial charge in [0.05, 0.1) is 5.97 Å². The summed E-state index contributed by atoms with van der Waals surface area (Å²) in [5.41, 5.74) is 0.220. The summed E-state index contributed by atoms with van der Waals surface area (Å²) in [5, 5.41) is 25.9. The van der Waals surface area contributed by atoms with Crippen LogP contribution in [-0.2, 0) is 0 Å². The first-order valence-corrected chi connectivity index (χ1v) is 4.20. The van der Waals surface area contributed by atoms with Crippen LogP contribution in [0.25, 0.3) is 0 Å². The van der Waals surface area contributed by atoms with Crippen molar-refractivity contribution in [3.63, 3.8) is 0 Å². The zero-order chi connectivity index (χ0) is 11.0. The normalized spacial score (nSPS) is 8.53. The molecule has 4 nitrogen and oxygen atoms in total. The van der Waals surface area contributed by atoms with Gasteiger partial charge >= 0.3 is 29.6 Å². The largest absolute Gasteiger partial charge is 1.00 e. The molecular formula is C10H13NaO4. The average molecular weight is 220 g/mol. The maximum atomic E-state index is 10.1. The third-order valence-corrected chi connectivity index (χ3v) is 1.37. The van der Waals surface area contributed by atoms with E-state index in [1.165, 1.54) is 12.1 Å². The number of hydrogen-bond donors (Lipinski definition) is 2. The molecule has 0 aromatic heterocycles. The van der Waals surface area contributed by atoms with Gasteiger partial charge in [-0.1, -0.05) is 37.3 Å². The predicted molar refractivity (Wildman–Crippen MR) is 49.3 cm³/mol. The van der Waals surface area contributed by atoms with E-state index in [0.717, 1.165) is 0 Å². The predicted octanol–water partition coefficient (Wildman–Crippen LogP) is -3.24. The molecule has 1 rings (SSSR count). The minimum Gasteiger partial charge on any atom is -0.545 e. The molecule has 0 spiro atoms. The SMILES string of the molecule is CCC(O)O.O=C([O-])c1ccccc1.[Na+]. The number of carboxylic acid groups (broad SMARTS) is 1. The van der Waals surface area contributed by atoms with E-state index in [4.69, 9.17) is 10.2 Å². The molecule has 0 aliphatic heterocycles. The van der Waals surface area contributed by atoms with Crippen LogP contribution in [0.3, 0.4) is 0 Å². The van der Waals surface area contributed by atoms with Crippen molar-refractivity contribution in [2.45, 2.75) is 19.6 Å². The summed E-state index contributed by atoms with van der Waals surface area (Å²) in [5.74, 6) is -1.13. The first-order valence-electron chi connectivity index (χ1n) is 4.20. The summed E-state index contributed by atoms with van der Waals surface area (Å²) in [4.78, 5) is 10.1. The molecule has 0 radical (unpaired) electrons. The summed E-state index contributed by atoms with van der Waals surface area (Å²) in [6.45, 7) is 1.70. The van der Waals surface area contributed by atoms with Gasteiger partial charge in [0.15, 0.2) is 6.29 Å². The maximum absolute atomic E-state index is 10.1.